The second-order valence-electron chi connectivity index (χ2n) is 8.13. The van der Waals surface area contributed by atoms with Crippen LogP contribution in [-0.2, 0) is 17.8 Å². The van der Waals surface area contributed by atoms with E-state index in [1.807, 2.05) is 49.1 Å². The van der Waals surface area contributed by atoms with Crippen molar-refractivity contribution in [2.45, 2.75) is 44.6 Å². The predicted octanol–water partition coefficient (Wildman–Crippen LogP) is 4.61. The monoisotopic (exact) mass is 422 g/mol. The fourth-order valence-corrected chi connectivity index (χ4v) is 4.39. The third kappa shape index (κ3) is 5.48. The molecule has 0 atom stereocenters. The van der Waals surface area contributed by atoms with Gasteiger partial charge in [-0.15, -0.1) is 0 Å². The van der Waals surface area contributed by atoms with Gasteiger partial charge in [0.25, 0.3) is 0 Å². The molecular formula is C24H27ClN4O. The molecule has 0 unspecified atom stereocenters. The van der Waals surface area contributed by atoms with E-state index in [-0.39, 0.29) is 5.91 Å². The van der Waals surface area contributed by atoms with Gasteiger partial charge < -0.3 is 9.88 Å². The van der Waals surface area contributed by atoms with Gasteiger partial charge in [-0.2, -0.15) is 0 Å². The fourth-order valence-electron chi connectivity index (χ4n) is 4.26. The number of carbonyl (C=O) groups is 1. The normalized spacial score (nSPS) is 18.8. The van der Waals surface area contributed by atoms with Crippen molar-refractivity contribution in [3.8, 4) is 0 Å². The third-order valence-electron chi connectivity index (χ3n) is 5.95. The molecule has 1 N–H and O–H groups in total. The molecule has 4 rings (SSSR count). The smallest absolute Gasteiger partial charge is 0.224 e. The molecule has 0 radical (unpaired) electrons. The van der Waals surface area contributed by atoms with E-state index in [0.29, 0.717) is 23.3 Å². The van der Waals surface area contributed by atoms with Gasteiger partial charge in [0.1, 0.15) is 0 Å². The van der Waals surface area contributed by atoms with Crippen LogP contribution >= 0.6 is 11.6 Å². The Labute approximate surface area is 182 Å². The Morgan fingerprint density at radius 2 is 1.83 bits per heavy atom. The van der Waals surface area contributed by atoms with Crippen LogP contribution in [-0.4, -0.2) is 27.0 Å². The minimum atomic E-state index is 0.0778. The molecule has 1 saturated carbocycles. The lowest BCUT2D eigenvalue weighted by molar-refractivity contribution is -0.120. The summed E-state index contributed by atoms with van der Waals surface area (Å²) < 4.78 is 2.25. The molecule has 5 nitrogen and oxygen atoms in total. The van der Waals surface area contributed by atoms with Gasteiger partial charge in [0.15, 0.2) is 0 Å². The summed E-state index contributed by atoms with van der Waals surface area (Å²) in [4.78, 5) is 20.9. The third-order valence-corrected chi connectivity index (χ3v) is 6.20. The van der Waals surface area contributed by atoms with Crippen LogP contribution < -0.4 is 5.32 Å². The fraction of sp³-hybridized carbons (Fsp3) is 0.375. The van der Waals surface area contributed by atoms with Crippen LogP contribution in [0.1, 0.15) is 48.4 Å². The van der Waals surface area contributed by atoms with Crippen LogP contribution in [0.25, 0.3) is 0 Å². The van der Waals surface area contributed by atoms with E-state index in [2.05, 4.69) is 25.9 Å². The largest absolute Gasteiger partial charge is 0.356 e. The summed E-state index contributed by atoms with van der Waals surface area (Å²) in [5.41, 5.74) is 3.49. The highest BCUT2D eigenvalue weighted by Gasteiger charge is 2.25. The minimum absolute atomic E-state index is 0.0778. The highest BCUT2D eigenvalue weighted by Crippen LogP contribution is 2.35. The van der Waals surface area contributed by atoms with E-state index >= 15 is 0 Å². The molecule has 0 bridgehead atoms. The number of aromatic nitrogens is 3. The van der Waals surface area contributed by atoms with Crippen molar-refractivity contribution in [3.63, 3.8) is 0 Å². The van der Waals surface area contributed by atoms with Crippen LogP contribution in [0.4, 0.5) is 0 Å². The van der Waals surface area contributed by atoms with Crippen molar-refractivity contribution >= 4 is 17.5 Å². The van der Waals surface area contributed by atoms with Gasteiger partial charge in [-0.05, 0) is 60.9 Å². The molecule has 30 heavy (non-hydrogen) atoms. The summed E-state index contributed by atoms with van der Waals surface area (Å²) in [6.45, 7) is 1.57. The second kappa shape index (κ2) is 9.90. The SMILES string of the molecule is O=C(Cc1ccc(Cl)cc1)NCC1CCC(c2cncn2Cc2cccnc2)CC1. The lowest BCUT2D eigenvalue weighted by atomic mass is 9.80. The zero-order chi connectivity index (χ0) is 20.8. The van der Waals surface area contributed by atoms with Crippen LogP contribution in [0.5, 0.6) is 0 Å². The van der Waals surface area contributed by atoms with Gasteiger partial charge in [0, 0.05) is 41.8 Å². The Bertz CT molecular complexity index is 947. The molecule has 0 spiro atoms. The molecule has 0 aliphatic heterocycles. The van der Waals surface area contributed by atoms with Crippen LogP contribution in [0.15, 0.2) is 61.3 Å². The standard InChI is InChI=1S/C24H27ClN4O/c25-22-9-5-18(6-10-22)12-24(30)28-14-19-3-7-21(8-4-19)23-15-27-17-29(23)16-20-2-1-11-26-13-20/h1-2,5-6,9-11,13,15,17,19,21H,3-4,7-8,12,14,16H2,(H,28,30). The van der Waals surface area contributed by atoms with Gasteiger partial charge in [-0.3, -0.25) is 9.78 Å². The van der Waals surface area contributed by atoms with E-state index in [9.17, 15) is 4.79 Å². The Hall–Kier alpha value is -2.66. The van der Waals surface area contributed by atoms with Gasteiger partial charge in [0.05, 0.1) is 19.3 Å². The first-order chi connectivity index (χ1) is 14.7. The first-order valence-electron chi connectivity index (χ1n) is 10.6. The quantitative estimate of drug-likeness (QED) is 0.604. The van der Waals surface area contributed by atoms with E-state index in [0.717, 1.165) is 44.3 Å². The number of imidazole rings is 1. The average Bonchev–Trinajstić information content (AvgIpc) is 3.23. The lowest BCUT2D eigenvalue weighted by Gasteiger charge is -2.29. The molecule has 1 aromatic carbocycles. The van der Waals surface area contributed by atoms with Crippen molar-refractivity contribution in [3.05, 3.63) is 83.2 Å². The summed E-state index contributed by atoms with van der Waals surface area (Å²) in [6.07, 6.45) is 12.6. The van der Waals surface area contributed by atoms with Crippen molar-refractivity contribution in [1.29, 1.82) is 0 Å². The number of hydrogen-bond donors (Lipinski definition) is 1. The molecule has 1 fully saturated rings. The number of hydrogen-bond acceptors (Lipinski definition) is 3. The number of benzene rings is 1. The molecule has 1 aliphatic rings. The molecule has 3 aromatic rings. The van der Waals surface area contributed by atoms with Gasteiger partial charge in [0.2, 0.25) is 5.91 Å². The summed E-state index contributed by atoms with van der Waals surface area (Å²) >= 11 is 5.90. The van der Waals surface area contributed by atoms with E-state index in [4.69, 9.17) is 11.6 Å². The molecule has 2 aromatic heterocycles. The zero-order valence-electron chi connectivity index (χ0n) is 17.0. The summed E-state index contributed by atoms with van der Waals surface area (Å²) in [5.74, 6) is 1.16. The average molecular weight is 423 g/mol. The molecule has 1 aliphatic carbocycles. The number of nitrogens with zero attached hydrogens (tertiary/aromatic N) is 3. The minimum Gasteiger partial charge on any atom is -0.356 e. The highest BCUT2D eigenvalue weighted by atomic mass is 35.5. The van der Waals surface area contributed by atoms with Gasteiger partial charge in [-0.1, -0.05) is 29.8 Å². The number of amides is 1. The maximum atomic E-state index is 12.2. The second-order valence-corrected chi connectivity index (χ2v) is 8.57. The number of nitrogens with one attached hydrogen (secondary N) is 1. The number of pyridine rings is 1. The molecule has 156 valence electrons. The molecular weight excluding hydrogens is 396 g/mol. The number of carbonyl (C=O) groups excluding carboxylic acids is 1. The Morgan fingerprint density at radius 1 is 1.03 bits per heavy atom. The van der Waals surface area contributed by atoms with E-state index < -0.39 is 0 Å². The molecule has 2 heterocycles. The highest BCUT2D eigenvalue weighted by molar-refractivity contribution is 6.30. The molecule has 6 heteroatoms. The van der Waals surface area contributed by atoms with E-state index in [1.54, 1.807) is 6.20 Å². The van der Waals surface area contributed by atoms with Crippen LogP contribution in [0.2, 0.25) is 5.02 Å². The Balaban J connectivity index is 1.24. The predicted molar refractivity (Wildman–Crippen MR) is 118 cm³/mol. The van der Waals surface area contributed by atoms with Crippen molar-refractivity contribution in [2.75, 3.05) is 6.54 Å². The zero-order valence-corrected chi connectivity index (χ0v) is 17.8. The number of halogens is 1. The van der Waals surface area contributed by atoms with Gasteiger partial charge >= 0.3 is 0 Å². The van der Waals surface area contributed by atoms with Crippen LogP contribution in [0, 0.1) is 5.92 Å². The van der Waals surface area contributed by atoms with Crippen LogP contribution in [0.3, 0.4) is 0 Å². The van der Waals surface area contributed by atoms with Crippen molar-refractivity contribution in [2.24, 2.45) is 5.92 Å². The summed E-state index contributed by atoms with van der Waals surface area (Å²) in [5, 5.41) is 3.81. The molecule has 0 saturated heterocycles. The number of rotatable bonds is 7. The summed E-state index contributed by atoms with van der Waals surface area (Å²) in [7, 11) is 0. The first-order valence-corrected chi connectivity index (χ1v) is 11.0. The lowest BCUT2D eigenvalue weighted by Crippen LogP contribution is -2.32. The first kappa shape index (κ1) is 20.6. The Morgan fingerprint density at radius 3 is 2.57 bits per heavy atom. The maximum Gasteiger partial charge on any atom is 0.224 e. The Kier molecular flexibility index (Phi) is 6.80. The van der Waals surface area contributed by atoms with E-state index in [1.165, 1.54) is 11.3 Å². The molecule has 1 amide bonds. The maximum absolute atomic E-state index is 12.2. The topological polar surface area (TPSA) is 59.8 Å². The van der Waals surface area contributed by atoms with Crippen molar-refractivity contribution < 1.29 is 4.79 Å². The summed E-state index contributed by atoms with van der Waals surface area (Å²) in [6, 6.07) is 11.5. The van der Waals surface area contributed by atoms with Gasteiger partial charge in [-0.25, -0.2) is 4.98 Å². The van der Waals surface area contributed by atoms with Crippen molar-refractivity contribution in [1.82, 2.24) is 19.9 Å².